The highest BCUT2D eigenvalue weighted by molar-refractivity contribution is 5.25. The molecule has 1 unspecified atom stereocenters. The van der Waals surface area contributed by atoms with Crippen molar-refractivity contribution < 1.29 is 14.6 Å². The van der Waals surface area contributed by atoms with Gasteiger partial charge in [-0.25, -0.2) is 0 Å². The van der Waals surface area contributed by atoms with Gasteiger partial charge in [-0.15, -0.1) is 0 Å². The van der Waals surface area contributed by atoms with Crippen LogP contribution in [0.2, 0.25) is 0 Å². The summed E-state index contributed by atoms with van der Waals surface area (Å²) in [5.74, 6) is 0.600. The number of aliphatic hydroxyl groups excluding tert-OH is 1. The molecule has 0 aliphatic rings. The van der Waals surface area contributed by atoms with Crippen LogP contribution in [0.15, 0.2) is 24.3 Å². The Hall–Kier alpha value is -0.900. The molecule has 1 atom stereocenters. The maximum absolute atomic E-state index is 10.1. The molecule has 17 heavy (non-hydrogen) atoms. The van der Waals surface area contributed by atoms with E-state index in [-0.39, 0.29) is 0 Å². The second kappa shape index (κ2) is 6.74. The minimum Gasteiger partial charge on any atom is -0.383 e. The fourth-order valence-electron chi connectivity index (χ4n) is 1.89. The SMILES string of the molecule is COC(OC)C(O)c1cccc(CC(C)C)c1. The fourth-order valence-corrected chi connectivity index (χ4v) is 1.89. The number of rotatable bonds is 6. The molecule has 3 heteroatoms. The van der Waals surface area contributed by atoms with Gasteiger partial charge in [0.15, 0.2) is 6.29 Å². The van der Waals surface area contributed by atoms with Crippen molar-refractivity contribution in [2.45, 2.75) is 32.7 Å². The van der Waals surface area contributed by atoms with Gasteiger partial charge in [0.2, 0.25) is 0 Å². The van der Waals surface area contributed by atoms with Gasteiger partial charge in [-0.3, -0.25) is 0 Å². The predicted molar refractivity (Wildman–Crippen MR) is 67.7 cm³/mol. The summed E-state index contributed by atoms with van der Waals surface area (Å²) in [6, 6.07) is 7.93. The van der Waals surface area contributed by atoms with Crippen LogP contribution in [0.3, 0.4) is 0 Å². The lowest BCUT2D eigenvalue weighted by molar-refractivity contribution is -0.166. The monoisotopic (exact) mass is 238 g/mol. The summed E-state index contributed by atoms with van der Waals surface area (Å²) in [6.45, 7) is 4.35. The molecule has 1 aromatic rings. The highest BCUT2D eigenvalue weighted by Gasteiger charge is 2.20. The molecule has 1 N–H and O–H groups in total. The van der Waals surface area contributed by atoms with E-state index in [1.54, 1.807) is 0 Å². The average molecular weight is 238 g/mol. The van der Waals surface area contributed by atoms with Crippen LogP contribution in [0, 0.1) is 5.92 Å². The molecule has 96 valence electrons. The molecule has 3 nitrogen and oxygen atoms in total. The second-order valence-corrected chi connectivity index (χ2v) is 4.63. The molecule has 0 spiro atoms. The van der Waals surface area contributed by atoms with Crippen molar-refractivity contribution >= 4 is 0 Å². The lowest BCUT2D eigenvalue weighted by atomic mass is 9.99. The van der Waals surface area contributed by atoms with E-state index in [4.69, 9.17) is 9.47 Å². The molecule has 0 fully saturated rings. The Morgan fingerprint density at radius 2 is 1.82 bits per heavy atom. The molecule has 0 amide bonds. The lowest BCUT2D eigenvalue weighted by Gasteiger charge is -2.20. The molecule has 0 saturated carbocycles. The third-order valence-electron chi connectivity index (χ3n) is 2.66. The van der Waals surface area contributed by atoms with Gasteiger partial charge in [0.05, 0.1) is 0 Å². The highest BCUT2D eigenvalue weighted by atomic mass is 16.7. The van der Waals surface area contributed by atoms with Crippen molar-refractivity contribution in [3.63, 3.8) is 0 Å². The normalized spacial score (nSPS) is 13.4. The van der Waals surface area contributed by atoms with E-state index >= 15 is 0 Å². The van der Waals surface area contributed by atoms with Crippen LogP contribution in [-0.4, -0.2) is 25.6 Å². The summed E-state index contributed by atoms with van der Waals surface area (Å²) in [7, 11) is 3.05. The standard InChI is InChI=1S/C14H22O3/c1-10(2)8-11-6-5-7-12(9-11)13(15)14(16-3)17-4/h5-7,9-10,13-15H,8H2,1-4H3. The van der Waals surface area contributed by atoms with E-state index in [9.17, 15) is 5.11 Å². The first-order chi connectivity index (χ1) is 8.08. The van der Waals surface area contributed by atoms with Crippen LogP contribution in [-0.2, 0) is 15.9 Å². The van der Waals surface area contributed by atoms with Crippen molar-refractivity contribution in [2.75, 3.05) is 14.2 Å². The maximum atomic E-state index is 10.1. The molecule has 0 radical (unpaired) electrons. The predicted octanol–water partition coefficient (Wildman–Crippen LogP) is 2.54. The third kappa shape index (κ3) is 4.11. The minimum atomic E-state index is -0.753. The zero-order valence-corrected chi connectivity index (χ0v) is 11.0. The van der Waals surface area contributed by atoms with Crippen molar-refractivity contribution in [2.24, 2.45) is 5.92 Å². The summed E-state index contributed by atoms with van der Waals surface area (Å²) in [4.78, 5) is 0. The number of benzene rings is 1. The summed E-state index contributed by atoms with van der Waals surface area (Å²) < 4.78 is 10.1. The Bertz CT molecular complexity index is 332. The van der Waals surface area contributed by atoms with Gasteiger partial charge in [-0.05, 0) is 23.5 Å². The third-order valence-corrected chi connectivity index (χ3v) is 2.66. The largest absolute Gasteiger partial charge is 0.383 e. The van der Waals surface area contributed by atoms with Gasteiger partial charge in [0, 0.05) is 14.2 Å². The first-order valence-electron chi connectivity index (χ1n) is 5.91. The molecule has 0 aliphatic heterocycles. The van der Waals surface area contributed by atoms with Crippen LogP contribution in [0.25, 0.3) is 0 Å². The zero-order chi connectivity index (χ0) is 12.8. The Morgan fingerprint density at radius 1 is 1.18 bits per heavy atom. The maximum Gasteiger partial charge on any atom is 0.187 e. The molecule has 0 heterocycles. The van der Waals surface area contributed by atoms with Crippen molar-refractivity contribution in [1.29, 1.82) is 0 Å². The topological polar surface area (TPSA) is 38.7 Å². The van der Waals surface area contributed by atoms with Gasteiger partial charge in [0.25, 0.3) is 0 Å². The summed E-state index contributed by atoms with van der Waals surface area (Å²) in [5.41, 5.74) is 2.05. The molecule has 0 aliphatic carbocycles. The van der Waals surface area contributed by atoms with Crippen LogP contribution >= 0.6 is 0 Å². The smallest absolute Gasteiger partial charge is 0.187 e. The Balaban J connectivity index is 2.83. The van der Waals surface area contributed by atoms with Gasteiger partial charge in [-0.2, -0.15) is 0 Å². The second-order valence-electron chi connectivity index (χ2n) is 4.63. The molecule has 0 aromatic heterocycles. The van der Waals surface area contributed by atoms with E-state index in [0.29, 0.717) is 5.92 Å². The van der Waals surface area contributed by atoms with E-state index in [1.165, 1.54) is 19.8 Å². The number of aliphatic hydroxyl groups is 1. The molecular formula is C14H22O3. The van der Waals surface area contributed by atoms with E-state index < -0.39 is 12.4 Å². The number of ether oxygens (including phenoxy) is 2. The van der Waals surface area contributed by atoms with Crippen molar-refractivity contribution in [3.8, 4) is 0 Å². The Kier molecular flexibility index (Phi) is 5.62. The molecule has 0 saturated heterocycles. The van der Waals surface area contributed by atoms with Crippen LogP contribution in [0.4, 0.5) is 0 Å². The van der Waals surface area contributed by atoms with Gasteiger partial charge in [0.1, 0.15) is 6.10 Å². The zero-order valence-electron chi connectivity index (χ0n) is 11.0. The molecule has 1 aromatic carbocycles. The van der Waals surface area contributed by atoms with Crippen LogP contribution in [0.1, 0.15) is 31.1 Å². The van der Waals surface area contributed by atoms with Gasteiger partial charge >= 0.3 is 0 Å². The molecule has 1 rings (SSSR count). The fraction of sp³-hybridized carbons (Fsp3) is 0.571. The highest BCUT2D eigenvalue weighted by Crippen LogP contribution is 2.21. The average Bonchev–Trinajstić information content (AvgIpc) is 2.30. The first kappa shape index (κ1) is 14.2. The van der Waals surface area contributed by atoms with E-state index in [0.717, 1.165) is 12.0 Å². The van der Waals surface area contributed by atoms with E-state index in [1.807, 2.05) is 18.2 Å². The quantitative estimate of drug-likeness (QED) is 0.774. The first-order valence-corrected chi connectivity index (χ1v) is 5.91. The van der Waals surface area contributed by atoms with Crippen LogP contribution in [0.5, 0.6) is 0 Å². The number of hydrogen-bond acceptors (Lipinski definition) is 3. The van der Waals surface area contributed by atoms with Gasteiger partial charge in [-0.1, -0.05) is 38.1 Å². The Morgan fingerprint density at radius 3 is 2.35 bits per heavy atom. The summed E-state index contributed by atoms with van der Waals surface area (Å²) in [6.07, 6.45) is -0.369. The molecular weight excluding hydrogens is 216 g/mol. The van der Waals surface area contributed by atoms with Crippen molar-refractivity contribution in [1.82, 2.24) is 0 Å². The summed E-state index contributed by atoms with van der Waals surface area (Å²) >= 11 is 0. The van der Waals surface area contributed by atoms with Gasteiger partial charge < -0.3 is 14.6 Å². The van der Waals surface area contributed by atoms with Crippen molar-refractivity contribution in [3.05, 3.63) is 35.4 Å². The summed E-state index contributed by atoms with van der Waals surface area (Å²) in [5, 5.41) is 10.1. The van der Waals surface area contributed by atoms with E-state index in [2.05, 4.69) is 19.9 Å². The van der Waals surface area contributed by atoms with Crippen LogP contribution < -0.4 is 0 Å². The minimum absolute atomic E-state index is 0.600. The lowest BCUT2D eigenvalue weighted by Crippen LogP contribution is -2.22. The number of methoxy groups -OCH3 is 2. The molecule has 0 bridgehead atoms. The number of hydrogen-bond donors (Lipinski definition) is 1. The Labute approximate surface area is 103 Å².